The minimum absolute atomic E-state index is 0.00935. The van der Waals surface area contributed by atoms with E-state index in [0.717, 1.165) is 12.1 Å². The van der Waals surface area contributed by atoms with Gasteiger partial charge in [-0.2, -0.15) is 0 Å². The SMILES string of the molecule is C[C@@H]1[C@H](C)CCC[C@H]1NC(=O)C1CCN(C(=O)N2CCOc3ccc(Cl)cc32)CC1. The van der Waals surface area contributed by atoms with Crippen LogP contribution in [-0.2, 0) is 4.79 Å². The average Bonchev–Trinajstić information content (AvgIpc) is 2.76. The van der Waals surface area contributed by atoms with Gasteiger partial charge in [0.05, 0.1) is 12.2 Å². The molecule has 1 aromatic carbocycles. The molecule has 0 spiro atoms. The highest BCUT2D eigenvalue weighted by atomic mass is 35.5. The molecule has 2 fully saturated rings. The van der Waals surface area contributed by atoms with E-state index in [1.54, 1.807) is 23.1 Å². The minimum atomic E-state index is -0.0320. The highest BCUT2D eigenvalue weighted by molar-refractivity contribution is 6.31. The summed E-state index contributed by atoms with van der Waals surface area (Å²) in [6, 6.07) is 5.61. The molecule has 1 N–H and O–H groups in total. The molecule has 3 atom stereocenters. The molecule has 1 saturated carbocycles. The Morgan fingerprint density at radius 3 is 2.63 bits per heavy atom. The van der Waals surface area contributed by atoms with Gasteiger partial charge in [0.25, 0.3) is 0 Å². The number of anilines is 1. The maximum absolute atomic E-state index is 13.2. The van der Waals surface area contributed by atoms with Crippen LogP contribution in [0, 0.1) is 17.8 Å². The molecular formula is C23H32ClN3O3. The van der Waals surface area contributed by atoms with Crippen LogP contribution in [-0.4, -0.2) is 49.1 Å². The third-order valence-corrected chi connectivity index (χ3v) is 7.42. The van der Waals surface area contributed by atoms with Crippen LogP contribution in [0.1, 0.15) is 46.0 Å². The third kappa shape index (κ3) is 4.39. The molecule has 1 saturated heterocycles. The van der Waals surface area contributed by atoms with Gasteiger partial charge in [0.15, 0.2) is 0 Å². The van der Waals surface area contributed by atoms with E-state index in [1.807, 2.05) is 4.90 Å². The van der Waals surface area contributed by atoms with Crippen LogP contribution in [0.2, 0.25) is 5.02 Å². The predicted molar refractivity (Wildman–Crippen MR) is 118 cm³/mol. The van der Waals surface area contributed by atoms with Crippen molar-refractivity contribution in [2.75, 3.05) is 31.1 Å². The van der Waals surface area contributed by atoms with Gasteiger partial charge in [-0.15, -0.1) is 0 Å². The van der Waals surface area contributed by atoms with Gasteiger partial charge in [0, 0.05) is 30.1 Å². The molecule has 0 radical (unpaired) electrons. The summed E-state index contributed by atoms with van der Waals surface area (Å²) in [6.45, 7) is 6.70. The zero-order valence-electron chi connectivity index (χ0n) is 17.9. The Hall–Kier alpha value is -1.95. The number of urea groups is 1. The van der Waals surface area contributed by atoms with E-state index in [0.29, 0.717) is 61.7 Å². The maximum atomic E-state index is 13.2. The number of carbonyl (C=O) groups is 2. The monoisotopic (exact) mass is 433 g/mol. The number of ether oxygens (including phenoxy) is 1. The van der Waals surface area contributed by atoms with Gasteiger partial charge in [-0.1, -0.05) is 38.3 Å². The summed E-state index contributed by atoms with van der Waals surface area (Å²) in [5.74, 6) is 2.02. The number of nitrogens with zero attached hydrogens (tertiary/aromatic N) is 2. The van der Waals surface area contributed by atoms with Crippen molar-refractivity contribution in [3.05, 3.63) is 23.2 Å². The molecule has 30 heavy (non-hydrogen) atoms. The molecule has 4 rings (SSSR count). The number of likely N-dealkylation sites (tertiary alicyclic amines) is 1. The van der Waals surface area contributed by atoms with Crippen LogP contribution < -0.4 is 15.0 Å². The molecular weight excluding hydrogens is 402 g/mol. The molecule has 3 aliphatic rings. The molecule has 3 amide bonds. The van der Waals surface area contributed by atoms with Crippen molar-refractivity contribution >= 4 is 29.2 Å². The Kier molecular flexibility index (Phi) is 6.42. The van der Waals surface area contributed by atoms with Crippen LogP contribution in [0.25, 0.3) is 0 Å². The number of hydrogen-bond donors (Lipinski definition) is 1. The zero-order chi connectivity index (χ0) is 21.3. The van der Waals surface area contributed by atoms with Crippen molar-refractivity contribution in [2.45, 2.75) is 52.0 Å². The second-order valence-electron chi connectivity index (χ2n) is 9.04. The van der Waals surface area contributed by atoms with Crippen molar-refractivity contribution < 1.29 is 14.3 Å². The van der Waals surface area contributed by atoms with Gasteiger partial charge in [0.1, 0.15) is 12.4 Å². The number of benzene rings is 1. The average molecular weight is 434 g/mol. The van der Waals surface area contributed by atoms with Crippen LogP contribution >= 0.6 is 11.6 Å². The Balaban J connectivity index is 1.33. The Labute approximate surface area is 183 Å². The van der Waals surface area contributed by atoms with Gasteiger partial charge in [0.2, 0.25) is 5.91 Å². The van der Waals surface area contributed by atoms with E-state index >= 15 is 0 Å². The Bertz CT molecular complexity index is 794. The summed E-state index contributed by atoms with van der Waals surface area (Å²) in [7, 11) is 0. The number of amides is 3. The fraction of sp³-hybridized carbons (Fsp3) is 0.652. The molecule has 164 valence electrons. The first-order valence-corrected chi connectivity index (χ1v) is 11.6. The van der Waals surface area contributed by atoms with Crippen LogP contribution in [0.5, 0.6) is 5.75 Å². The van der Waals surface area contributed by atoms with Gasteiger partial charge < -0.3 is 15.0 Å². The highest BCUT2D eigenvalue weighted by Gasteiger charge is 2.34. The number of hydrogen-bond acceptors (Lipinski definition) is 3. The van der Waals surface area contributed by atoms with Crippen LogP contribution in [0.3, 0.4) is 0 Å². The number of piperidine rings is 1. The molecule has 0 aromatic heterocycles. The quantitative estimate of drug-likeness (QED) is 0.755. The second-order valence-corrected chi connectivity index (χ2v) is 9.47. The molecule has 0 bridgehead atoms. The van der Waals surface area contributed by atoms with E-state index in [2.05, 4.69) is 19.2 Å². The van der Waals surface area contributed by atoms with Crippen molar-refractivity contribution in [3.63, 3.8) is 0 Å². The summed E-state index contributed by atoms with van der Waals surface area (Å²) in [4.78, 5) is 29.6. The fourth-order valence-electron chi connectivity index (χ4n) is 4.98. The van der Waals surface area contributed by atoms with E-state index < -0.39 is 0 Å². The third-order valence-electron chi connectivity index (χ3n) is 7.19. The fourth-order valence-corrected chi connectivity index (χ4v) is 5.15. The van der Waals surface area contributed by atoms with Crippen LogP contribution in [0.15, 0.2) is 18.2 Å². The topological polar surface area (TPSA) is 61.9 Å². The van der Waals surface area contributed by atoms with Gasteiger partial charge in [-0.3, -0.25) is 9.69 Å². The molecule has 0 unspecified atom stereocenters. The second kappa shape index (κ2) is 9.04. The van der Waals surface area contributed by atoms with E-state index in [-0.39, 0.29) is 23.9 Å². The van der Waals surface area contributed by atoms with Gasteiger partial charge >= 0.3 is 6.03 Å². The lowest BCUT2D eigenvalue weighted by Crippen LogP contribution is -2.52. The number of carbonyl (C=O) groups excluding carboxylic acids is 2. The summed E-state index contributed by atoms with van der Waals surface area (Å²) >= 11 is 6.13. The summed E-state index contributed by atoms with van der Waals surface area (Å²) < 4.78 is 5.66. The maximum Gasteiger partial charge on any atom is 0.324 e. The van der Waals surface area contributed by atoms with Gasteiger partial charge in [-0.05, 0) is 49.3 Å². The van der Waals surface area contributed by atoms with Crippen molar-refractivity contribution in [1.82, 2.24) is 10.2 Å². The van der Waals surface area contributed by atoms with Crippen molar-refractivity contribution in [3.8, 4) is 5.75 Å². The molecule has 2 aliphatic heterocycles. The number of nitrogens with one attached hydrogen (secondary N) is 1. The van der Waals surface area contributed by atoms with Crippen LogP contribution in [0.4, 0.5) is 10.5 Å². The largest absolute Gasteiger partial charge is 0.490 e. The van der Waals surface area contributed by atoms with Gasteiger partial charge in [-0.25, -0.2) is 4.79 Å². The zero-order valence-corrected chi connectivity index (χ0v) is 18.7. The lowest BCUT2D eigenvalue weighted by Gasteiger charge is -2.38. The molecule has 6 nitrogen and oxygen atoms in total. The van der Waals surface area contributed by atoms with E-state index in [4.69, 9.17) is 16.3 Å². The smallest absolute Gasteiger partial charge is 0.324 e. The Morgan fingerprint density at radius 1 is 1.10 bits per heavy atom. The normalized spacial score (nSPS) is 27.2. The predicted octanol–water partition coefficient (Wildman–Crippen LogP) is 4.31. The molecule has 2 heterocycles. The minimum Gasteiger partial charge on any atom is -0.490 e. The van der Waals surface area contributed by atoms with Crippen molar-refractivity contribution in [1.29, 1.82) is 0 Å². The standard InChI is InChI=1S/C23H32ClN3O3/c1-15-4-3-5-19(16(15)2)25-22(28)17-8-10-26(11-9-17)23(29)27-12-13-30-21-7-6-18(24)14-20(21)27/h6-7,14-17,19H,3-5,8-13H2,1-2H3,(H,25,28)/t15-,16-,19-/m1/s1. The molecule has 1 aliphatic carbocycles. The first-order chi connectivity index (χ1) is 14.4. The Morgan fingerprint density at radius 2 is 1.87 bits per heavy atom. The lowest BCUT2D eigenvalue weighted by molar-refractivity contribution is -0.127. The highest BCUT2D eigenvalue weighted by Crippen LogP contribution is 2.35. The number of halogens is 1. The summed E-state index contributed by atoms with van der Waals surface area (Å²) in [5, 5.41) is 3.89. The first-order valence-electron chi connectivity index (χ1n) is 11.2. The molecule has 1 aromatic rings. The van der Waals surface area contributed by atoms with Crippen molar-refractivity contribution in [2.24, 2.45) is 17.8 Å². The molecule has 7 heteroatoms. The first kappa shape index (κ1) is 21.3. The number of rotatable bonds is 2. The summed E-state index contributed by atoms with van der Waals surface area (Å²) in [5.41, 5.74) is 0.721. The van der Waals surface area contributed by atoms with E-state index in [9.17, 15) is 9.59 Å². The summed E-state index contributed by atoms with van der Waals surface area (Å²) in [6.07, 6.45) is 4.94. The van der Waals surface area contributed by atoms with E-state index in [1.165, 1.54) is 12.8 Å². The lowest BCUT2D eigenvalue weighted by atomic mass is 9.78. The number of fused-ring (bicyclic) bond motifs is 1.